The lowest BCUT2D eigenvalue weighted by molar-refractivity contribution is -0.480. The first-order valence-electron chi connectivity index (χ1n) is 6.97. The molecule has 0 saturated heterocycles. The number of nitro groups is 1. The van der Waals surface area contributed by atoms with E-state index in [-0.39, 0.29) is 16.7 Å². The fourth-order valence-electron chi connectivity index (χ4n) is 2.58. The van der Waals surface area contributed by atoms with Crippen LogP contribution in [-0.2, 0) is 0 Å². The number of unbranched alkanes of at least 4 members (excludes halogenated alkanes) is 2. The maximum atomic E-state index is 10.7. The highest BCUT2D eigenvalue weighted by Gasteiger charge is 2.27. The number of thioether (sulfide) groups is 1. The van der Waals surface area contributed by atoms with Gasteiger partial charge in [0.1, 0.15) is 0 Å². The van der Waals surface area contributed by atoms with Crippen LogP contribution in [-0.4, -0.2) is 22.5 Å². The van der Waals surface area contributed by atoms with E-state index in [1.54, 1.807) is 0 Å². The van der Waals surface area contributed by atoms with Gasteiger partial charge in [-0.2, -0.15) is 11.8 Å². The zero-order valence-corrected chi connectivity index (χ0v) is 11.7. The van der Waals surface area contributed by atoms with Crippen molar-refractivity contribution in [1.82, 2.24) is 0 Å². The number of hydrogen-bond donors (Lipinski definition) is 0. The zero-order chi connectivity index (χ0) is 12.5. The third-order valence-corrected chi connectivity index (χ3v) is 5.07. The van der Waals surface area contributed by atoms with Gasteiger partial charge in [-0.1, -0.05) is 39.0 Å². The van der Waals surface area contributed by atoms with E-state index in [4.69, 9.17) is 0 Å². The number of hydrogen-bond acceptors (Lipinski definition) is 3. The molecule has 1 saturated carbocycles. The van der Waals surface area contributed by atoms with E-state index in [0.29, 0.717) is 5.92 Å². The summed E-state index contributed by atoms with van der Waals surface area (Å²) in [6.45, 7) is 2.36. The molecule has 0 bridgehead atoms. The first kappa shape index (κ1) is 14.8. The standard InChI is InChI=1S/C13H25NO2S/c1-2-3-7-10-17-13(11-14(15)16)12-8-5-4-6-9-12/h12-13H,2-11H2,1H3. The van der Waals surface area contributed by atoms with Crippen LogP contribution in [0.25, 0.3) is 0 Å². The van der Waals surface area contributed by atoms with Crippen LogP contribution in [0, 0.1) is 16.0 Å². The fraction of sp³-hybridized carbons (Fsp3) is 1.00. The lowest BCUT2D eigenvalue weighted by atomic mass is 9.87. The summed E-state index contributed by atoms with van der Waals surface area (Å²) >= 11 is 1.85. The van der Waals surface area contributed by atoms with Gasteiger partial charge in [-0.25, -0.2) is 0 Å². The van der Waals surface area contributed by atoms with E-state index >= 15 is 0 Å². The second-order valence-electron chi connectivity index (χ2n) is 5.03. The normalized spacial score (nSPS) is 19.1. The Kier molecular flexibility index (Phi) is 7.65. The number of rotatable bonds is 8. The smallest absolute Gasteiger partial charge is 0.215 e. The van der Waals surface area contributed by atoms with Crippen molar-refractivity contribution in [3.63, 3.8) is 0 Å². The van der Waals surface area contributed by atoms with E-state index in [1.165, 1.54) is 51.4 Å². The highest BCUT2D eigenvalue weighted by molar-refractivity contribution is 7.99. The molecule has 0 spiro atoms. The Morgan fingerprint density at radius 3 is 2.59 bits per heavy atom. The third-order valence-electron chi connectivity index (χ3n) is 3.58. The highest BCUT2D eigenvalue weighted by atomic mass is 32.2. The van der Waals surface area contributed by atoms with Crippen molar-refractivity contribution in [3.8, 4) is 0 Å². The summed E-state index contributed by atoms with van der Waals surface area (Å²) in [6, 6.07) is 0. The van der Waals surface area contributed by atoms with Gasteiger partial charge in [0, 0.05) is 4.92 Å². The van der Waals surface area contributed by atoms with Crippen LogP contribution in [0.15, 0.2) is 0 Å². The quantitative estimate of drug-likeness (QED) is 0.374. The van der Waals surface area contributed by atoms with Crippen molar-refractivity contribution >= 4 is 11.8 Å². The van der Waals surface area contributed by atoms with Crippen molar-refractivity contribution in [3.05, 3.63) is 10.1 Å². The zero-order valence-electron chi connectivity index (χ0n) is 10.9. The van der Waals surface area contributed by atoms with Crippen molar-refractivity contribution in [1.29, 1.82) is 0 Å². The molecule has 3 nitrogen and oxygen atoms in total. The second-order valence-corrected chi connectivity index (χ2v) is 6.38. The van der Waals surface area contributed by atoms with Gasteiger partial charge < -0.3 is 0 Å². The number of nitrogens with zero attached hydrogens (tertiary/aromatic N) is 1. The largest absolute Gasteiger partial charge is 0.265 e. The summed E-state index contributed by atoms with van der Waals surface area (Å²) in [5.41, 5.74) is 0. The maximum Gasteiger partial charge on any atom is 0.215 e. The molecule has 0 heterocycles. The van der Waals surface area contributed by atoms with Gasteiger partial charge in [0.15, 0.2) is 0 Å². The fourth-order valence-corrected chi connectivity index (χ4v) is 4.02. The van der Waals surface area contributed by atoms with E-state index in [0.717, 1.165) is 5.75 Å². The average Bonchev–Trinajstić information content (AvgIpc) is 2.34. The molecule has 0 N–H and O–H groups in total. The lowest BCUT2D eigenvalue weighted by Gasteiger charge is -2.27. The molecule has 1 rings (SSSR count). The van der Waals surface area contributed by atoms with Crippen molar-refractivity contribution < 1.29 is 4.92 Å². The predicted molar refractivity (Wildman–Crippen MR) is 74.2 cm³/mol. The topological polar surface area (TPSA) is 43.1 Å². The summed E-state index contributed by atoms with van der Waals surface area (Å²) in [7, 11) is 0. The average molecular weight is 259 g/mol. The van der Waals surface area contributed by atoms with Crippen LogP contribution in [0.3, 0.4) is 0 Å². The van der Waals surface area contributed by atoms with Gasteiger partial charge in [-0.3, -0.25) is 10.1 Å². The van der Waals surface area contributed by atoms with E-state index in [9.17, 15) is 10.1 Å². The Labute approximate surface area is 109 Å². The molecule has 0 aromatic rings. The molecule has 4 heteroatoms. The first-order valence-corrected chi connectivity index (χ1v) is 8.02. The van der Waals surface area contributed by atoms with Crippen LogP contribution >= 0.6 is 11.8 Å². The van der Waals surface area contributed by atoms with E-state index in [2.05, 4.69) is 6.92 Å². The monoisotopic (exact) mass is 259 g/mol. The third kappa shape index (κ3) is 6.29. The van der Waals surface area contributed by atoms with Gasteiger partial charge in [-0.15, -0.1) is 0 Å². The summed E-state index contributed by atoms with van der Waals surface area (Å²) in [5, 5.41) is 11.0. The van der Waals surface area contributed by atoms with E-state index in [1.807, 2.05) is 11.8 Å². The summed E-state index contributed by atoms with van der Waals surface area (Å²) in [5.74, 6) is 1.70. The lowest BCUT2D eigenvalue weighted by Crippen LogP contribution is -2.28. The molecule has 0 aliphatic heterocycles. The molecule has 0 aromatic heterocycles. The van der Waals surface area contributed by atoms with Gasteiger partial charge in [-0.05, 0) is 30.9 Å². The molecule has 1 aliphatic carbocycles. The van der Waals surface area contributed by atoms with Crippen molar-refractivity contribution in [2.24, 2.45) is 5.92 Å². The van der Waals surface area contributed by atoms with Crippen LogP contribution in [0.5, 0.6) is 0 Å². The SMILES string of the molecule is CCCCCSC(C[N+](=O)[O-])C1CCCCC1. The van der Waals surface area contributed by atoms with Crippen molar-refractivity contribution in [2.45, 2.75) is 63.5 Å². The molecule has 0 radical (unpaired) electrons. The minimum Gasteiger partial charge on any atom is -0.265 e. The highest BCUT2D eigenvalue weighted by Crippen LogP contribution is 2.33. The molecular formula is C13H25NO2S. The molecule has 17 heavy (non-hydrogen) atoms. The van der Waals surface area contributed by atoms with Gasteiger partial charge in [0.2, 0.25) is 6.54 Å². The summed E-state index contributed by atoms with van der Waals surface area (Å²) in [6.07, 6.45) is 9.97. The maximum absolute atomic E-state index is 10.7. The van der Waals surface area contributed by atoms with Crippen LogP contribution in [0.4, 0.5) is 0 Å². The van der Waals surface area contributed by atoms with Gasteiger partial charge in [0.25, 0.3) is 0 Å². The molecule has 100 valence electrons. The Morgan fingerprint density at radius 2 is 2.00 bits per heavy atom. The van der Waals surface area contributed by atoms with Crippen LogP contribution < -0.4 is 0 Å². The molecule has 1 fully saturated rings. The predicted octanol–water partition coefficient (Wildman–Crippen LogP) is 4.14. The van der Waals surface area contributed by atoms with Gasteiger partial charge >= 0.3 is 0 Å². The molecule has 1 unspecified atom stereocenters. The molecule has 1 atom stereocenters. The van der Waals surface area contributed by atoms with Crippen LogP contribution in [0.1, 0.15) is 58.3 Å². The van der Waals surface area contributed by atoms with E-state index < -0.39 is 0 Å². The Hall–Kier alpha value is -0.250. The molecule has 0 amide bonds. The Morgan fingerprint density at radius 1 is 1.29 bits per heavy atom. The Balaban J connectivity index is 2.33. The minimum absolute atomic E-state index is 0.119. The van der Waals surface area contributed by atoms with Crippen LogP contribution in [0.2, 0.25) is 0 Å². The van der Waals surface area contributed by atoms with Gasteiger partial charge in [0.05, 0.1) is 5.25 Å². The minimum atomic E-state index is -0.119. The molecule has 1 aliphatic rings. The summed E-state index contributed by atoms with van der Waals surface area (Å²) < 4.78 is 0. The molecule has 0 aromatic carbocycles. The first-order chi connectivity index (χ1) is 8.24. The second kappa shape index (κ2) is 8.78. The molecular weight excluding hydrogens is 234 g/mol. The summed E-state index contributed by atoms with van der Waals surface area (Å²) in [4.78, 5) is 10.6. The van der Waals surface area contributed by atoms with Crippen molar-refractivity contribution in [2.75, 3.05) is 12.3 Å². The Bertz CT molecular complexity index is 217.